The molecule has 192 valence electrons. The van der Waals surface area contributed by atoms with Crippen molar-refractivity contribution in [3.63, 3.8) is 0 Å². The summed E-state index contributed by atoms with van der Waals surface area (Å²) in [5.41, 5.74) is 4.34. The number of methoxy groups -OCH3 is 2. The van der Waals surface area contributed by atoms with E-state index in [1.54, 1.807) is 19.1 Å². The Balaban J connectivity index is 1.57. The molecule has 0 bridgehead atoms. The third-order valence-corrected chi connectivity index (χ3v) is 6.45. The van der Waals surface area contributed by atoms with Gasteiger partial charge in [-0.25, -0.2) is 4.79 Å². The van der Waals surface area contributed by atoms with E-state index in [2.05, 4.69) is 23.3 Å². The molecule has 2 amide bonds. The highest BCUT2D eigenvalue weighted by molar-refractivity contribution is 5.80. The molecule has 0 radical (unpaired) electrons. The Kier molecular flexibility index (Phi) is 8.46. The second-order valence-electron chi connectivity index (χ2n) is 8.90. The van der Waals surface area contributed by atoms with Crippen LogP contribution >= 0.6 is 0 Å². The minimum atomic E-state index is -0.230. The number of carbonyl (C=O) groups is 1. The van der Waals surface area contributed by atoms with Gasteiger partial charge in [0.15, 0.2) is 11.5 Å². The van der Waals surface area contributed by atoms with Gasteiger partial charge < -0.3 is 24.7 Å². The molecule has 0 atom stereocenters. The SMILES string of the molecule is CCc1ccc2[nH]c(=O)c(CN(CCc3ccc(OC)c(OC)c3)C(=O)NCc3ccccc3)cc2c1. The molecule has 37 heavy (non-hydrogen) atoms. The number of aryl methyl sites for hydroxylation is 1. The van der Waals surface area contributed by atoms with Gasteiger partial charge in [0.25, 0.3) is 5.56 Å². The second kappa shape index (κ2) is 12.1. The monoisotopic (exact) mass is 499 g/mol. The van der Waals surface area contributed by atoms with Gasteiger partial charge in [0.1, 0.15) is 0 Å². The maximum Gasteiger partial charge on any atom is 0.317 e. The molecule has 0 aliphatic rings. The molecule has 4 rings (SSSR count). The van der Waals surface area contributed by atoms with Gasteiger partial charge in [-0.3, -0.25) is 4.79 Å². The van der Waals surface area contributed by atoms with Crippen LogP contribution in [0.15, 0.2) is 77.6 Å². The van der Waals surface area contributed by atoms with Crippen LogP contribution in [0.2, 0.25) is 0 Å². The normalized spacial score (nSPS) is 10.8. The van der Waals surface area contributed by atoms with Crippen LogP contribution in [0.5, 0.6) is 11.5 Å². The average molecular weight is 500 g/mol. The maximum absolute atomic E-state index is 13.3. The number of aromatic nitrogens is 1. The average Bonchev–Trinajstić information content (AvgIpc) is 2.94. The Morgan fingerprint density at radius 3 is 2.38 bits per heavy atom. The number of hydrogen-bond donors (Lipinski definition) is 2. The Labute approximate surface area is 217 Å². The van der Waals surface area contributed by atoms with Gasteiger partial charge in [-0.05, 0) is 65.3 Å². The lowest BCUT2D eigenvalue weighted by Gasteiger charge is -2.23. The number of urea groups is 1. The molecule has 0 fully saturated rings. The first kappa shape index (κ1) is 25.8. The van der Waals surface area contributed by atoms with Crippen LogP contribution in [0.25, 0.3) is 10.9 Å². The van der Waals surface area contributed by atoms with Gasteiger partial charge in [0.2, 0.25) is 0 Å². The summed E-state index contributed by atoms with van der Waals surface area (Å²) in [6.07, 6.45) is 1.49. The summed E-state index contributed by atoms with van der Waals surface area (Å²) in [6, 6.07) is 23.2. The van der Waals surface area contributed by atoms with Crippen LogP contribution in [-0.2, 0) is 25.9 Å². The quantitative estimate of drug-likeness (QED) is 0.319. The van der Waals surface area contributed by atoms with Crippen LogP contribution < -0.4 is 20.3 Å². The Morgan fingerprint density at radius 2 is 1.65 bits per heavy atom. The summed E-state index contributed by atoms with van der Waals surface area (Å²) in [5, 5.41) is 3.96. The van der Waals surface area contributed by atoms with Crippen molar-refractivity contribution in [2.24, 2.45) is 0 Å². The number of hydrogen-bond acceptors (Lipinski definition) is 4. The lowest BCUT2D eigenvalue weighted by molar-refractivity contribution is 0.195. The number of benzene rings is 3. The molecular weight excluding hydrogens is 466 g/mol. The Morgan fingerprint density at radius 1 is 0.892 bits per heavy atom. The van der Waals surface area contributed by atoms with Gasteiger partial charge in [-0.1, -0.05) is 49.4 Å². The molecule has 1 heterocycles. The predicted molar refractivity (Wildman–Crippen MR) is 146 cm³/mol. The van der Waals surface area contributed by atoms with E-state index in [1.807, 2.05) is 66.7 Å². The fourth-order valence-electron chi connectivity index (χ4n) is 4.28. The highest BCUT2D eigenvalue weighted by Crippen LogP contribution is 2.27. The fraction of sp³-hybridized carbons (Fsp3) is 0.267. The Bertz CT molecular complexity index is 1420. The van der Waals surface area contributed by atoms with Gasteiger partial charge in [-0.2, -0.15) is 0 Å². The van der Waals surface area contributed by atoms with Crippen molar-refractivity contribution in [1.29, 1.82) is 0 Å². The predicted octanol–water partition coefficient (Wildman–Crippen LogP) is 5.06. The van der Waals surface area contributed by atoms with Crippen molar-refractivity contribution in [3.8, 4) is 11.5 Å². The minimum absolute atomic E-state index is 0.190. The molecule has 0 aliphatic carbocycles. The smallest absolute Gasteiger partial charge is 0.317 e. The van der Waals surface area contributed by atoms with E-state index in [0.29, 0.717) is 36.6 Å². The van der Waals surface area contributed by atoms with E-state index in [0.717, 1.165) is 28.5 Å². The first-order chi connectivity index (χ1) is 18.0. The van der Waals surface area contributed by atoms with Crippen molar-refractivity contribution in [2.45, 2.75) is 32.9 Å². The van der Waals surface area contributed by atoms with Crippen LogP contribution in [0.1, 0.15) is 29.2 Å². The summed E-state index contributed by atoms with van der Waals surface area (Å²) in [7, 11) is 3.20. The molecule has 0 aliphatic heterocycles. The van der Waals surface area contributed by atoms with Gasteiger partial charge in [0, 0.05) is 24.2 Å². The molecule has 1 aromatic heterocycles. The number of fused-ring (bicyclic) bond motifs is 1. The summed E-state index contributed by atoms with van der Waals surface area (Å²) in [4.78, 5) is 30.9. The number of carbonyl (C=O) groups excluding carboxylic acids is 1. The number of aromatic amines is 1. The minimum Gasteiger partial charge on any atom is -0.493 e. The van der Waals surface area contributed by atoms with Gasteiger partial charge >= 0.3 is 6.03 Å². The molecule has 2 N–H and O–H groups in total. The van der Waals surface area contributed by atoms with Crippen molar-refractivity contribution in [3.05, 3.63) is 105 Å². The largest absolute Gasteiger partial charge is 0.493 e. The van der Waals surface area contributed by atoms with Crippen LogP contribution in [0.3, 0.4) is 0 Å². The van der Waals surface area contributed by atoms with E-state index in [4.69, 9.17) is 9.47 Å². The van der Waals surface area contributed by atoms with Crippen molar-refractivity contribution >= 4 is 16.9 Å². The number of nitrogens with one attached hydrogen (secondary N) is 2. The molecule has 0 unspecified atom stereocenters. The van der Waals surface area contributed by atoms with E-state index in [1.165, 1.54) is 5.56 Å². The molecule has 7 nitrogen and oxygen atoms in total. The number of pyridine rings is 1. The van der Waals surface area contributed by atoms with Gasteiger partial charge in [0.05, 0.1) is 20.8 Å². The number of amides is 2. The molecule has 7 heteroatoms. The second-order valence-corrected chi connectivity index (χ2v) is 8.90. The molecule has 0 spiro atoms. The van der Waals surface area contributed by atoms with Crippen molar-refractivity contribution in [1.82, 2.24) is 15.2 Å². The zero-order valence-corrected chi connectivity index (χ0v) is 21.5. The highest BCUT2D eigenvalue weighted by Gasteiger charge is 2.17. The Hall–Kier alpha value is -4.26. The zero-order valence-electron chi connectivity index (χ0n) is 21.5. The summed E-state index contributed by atoms with van der Waals surface area (Å²) < 4.78 is 10.8. The molecule has 0 saturated carbocycles. The standard InChI is InChI=1S/C30H33N3O4/c1-4-21-10-12-26-24(16-21)18-25(29(34)32-26)20-33(30(35)31-19-23-8-6-5-7-9-23)15-14-22-11-13-27(36-2)28(17-22)37-3/h5-13,16-18H,4,14-15,19-20H2,1-3H3,(H,31,35)(H,32,34). The van der Waals surface area contributed by atoms with Crippen LogP contribution in [0, 0.1) is 0 Å². The molecule has 3 aromatic carbocycles. The van der Waals surface area contributed by atoms with E-state index >= 15 is 0 Å². The first-order valence-electron chi connectivity index (χ1n) is 12.4. The topological polar surface area (TPSA) is 83.7 Å². The third kappa shape index (κ3) is 6.50. The number of ether oxygens (including phenoxy) is 2. The van der Waals surface area contributed by atoms with Crippen molar-refractivity contribution in [2.75, 3.05) is 20.8 Å². The van der Waals surface area contributed by atoms with Gasteiger partial charge in [-0.15, -0.1) is 0 Å². The summed E-state index contributed by atoms with van der Waals surface area (Å²) in [5.74, 6) is 1.29. The zero-order chi connectivity index (χ0) is 26.2. The van der Waals surface area contributed by atoms with Crippen molar-refractivity contribution < 1.29 is 14.3 Å². The molecular formula is C30H33N3O4. The van der Waals surface area contributed by atoms with Crippen LogP contribution in [0.4, 0.5) is 4.79 Å². The summed E-state index contributed by atoms with van der Waals surface area (Å²) >= 11 is 0. The number of H-pyrrole nitrogens is 1. The highest BCUT2D eigenvalue weighted by atomic mass is 16.5. The van der Waals surface area contributed by atoms with E-state index in [9.17, 15) is 9.59 Å². The first-order valence-corrected chi connectivity index (χ1v) is 12.4. The van der Waals surface area contributed by atoms with Crippen LogP contribution in [-0.4, -0.2) is 36.7 Å². The fourth-order valence-corrected chi connectivity index (χ4v) is 4.28. The molecule has 4 aromatic rings. The third-order valence-electron chi connectivity index (χ3n) is 6.45. The maximum atomic E-state index is 13.3. The van der Waals surface area contributed by atoms with E-state index < -0.39 is 0 Å². The number of rotatable bonds is 10. The summed E-state index contributed by atoms with van der Waals surface area (Å²) in [6.45, 7) is 3.11. The lowest BCUT2D eigenvalue weighted by atomic mass is 10.1. The van der Waals surface area contributed by atoms with E-state index in [-0.39, 0.29) is 18.1 Å². The number of nitrogens with zero attached hydrogens (tertiary/aromatic N) is 1. The lowest BCUT2D eigenvalue weighted by Crippen LogP contribution is -2.41. The molecule has 0 saturated heterocycles.